The van der Waals surface area contributed by atoms with Gasteiger partial charge in [0, 0.05) is 27.4 Å². The van der Waals surface area contributed by atoms with E-state index < -0.39 is 5.41 Å². The lowest BCUT2D eigenvalue weighted by Crippen LogP contribution is -2.19. The number of ether oxygens (including phenoxy) is 1. The van der Waals surface area contributed by atoms with Crippen LogP contribution in [0.5, 0.6) is 11.5 Å². The van der Waals surface area contributed by atoms with E-state index in [1.807, 2.05) is 26.0 Å². The first kappa shape index (κ1) is 23.1. The third-order valence-electron chi connectivity index (χ3n) is 5.24. The molecule has 31 heavy (non-hydrogen) atoms. The van der Waals surface area contributed by atoms with E-state index in [-0.39, 0.29) is 24.0 Å². The number of phenolic OH excluding ortho intramolecular Hbond substituents is 1. The summed E-state index contributed by atoms with van der Waals surface area (Å²) in [4.78, 5) is 11.1. The van der Waals surface area contributed by atoms with Gasteiger partial charge in [-0.15, -0.1) is 0 Å². The van der Waals surface area contributed by atoms with Crippen molar-refractivity contribution in [2.45, 2.75) is 32.6 Å². The average molecular weight is 461 g/mol. The summed E-state index contributed by atoms with van der Waals surface area (Å²) in [5.41, 5.74) is 2.67. The molecule has 6 heteroatoms. The third kappa shape index (κ3) is 5.38. The van der Waals surface area contributed by atoms with Crippen molar-refractivity contribution in [3.63, 3.8) is 0 Å². The highest BCUT2D eigenvalue weighted by atomic mass is 35.5. The Hall–Kier alpha value is -2.56. The van der Waals surface area contributed by atoms with E-state index in [0.717, 1.165) is 16.7 Å². The van der Waals surface area contributed by atoms with Gasteiger partial charge in [0.25, 0.3) is 0 Å². The molecular weight excluding hydrogens is 438 g/mol. The Morgan fingerprint density at radius 3 is 2.23 bits per heavy atom. The predicted molar refractivity (Wildman–Crippen MR) is 122 cm³/mol. The van der Waals surface area contributed by atoms with E-state index in [2.05, 4.69) is 0 Å². The van der Waals surface area contributed by atoms with E-state index in [4.69, 9.17) is 27.9 Å². The Morgan fingerprint density at radius 1 is 1.03 bits per heavy atom. The number of benzene rings is 3. The lowest BCUT2D eigenvalue weighted by atomic mass is 9.77. The second kappa shape index (κ2) is 9.29. The van der Waals surface area contributed by atoms with Crippen LogP contribution in [0.1, 0.15) is 43.0 Å². The molecule has 162 valence electrons. The Bertz CT molecular complexity index is 1090. The molecule has 3 nitrogen and oxygen atoms in total. The van der Waals surface area contributed by atoms with Crippen molar-refractivity contribution in [3.8, 4) is 11.5 Å². The lowest BCUT2D eigenvalue weighted by Gasteiger charge is -2.27. The summed E-state index contributed by atoms with van der Waals surface area (Å²) in [6.07, 6.45) is 0.442. The van der Waals surface area contributed by atoms with Crippen molar-refractivity contribution in [2.24, 2.45) is 0 Å². The number of halogens is 3. The summed E-state index contributed by atoms with van der Waals surface area (Å²) < 4.78 is 18.7. The maximum absolute atomic E-state index is 13.4. The molecule has 0 aliphatic heterocycles. The standard InChI is InChI=1S/C25H23Cl2FO3/c1-15(29)14-31-19-12-22(26)20(23(27)13-19)10-16-4-9-24(30)21(11-16)25(2,3)17-5-7-18(28)8-6-17/h4-9,11-13,30H,10,14H2,1-3H3. The van der Waals surface area contributed by atoms with Crippen LogP contribution in [-0.4, -0.2) is 17.5 Å². The molecule has 0 radical (unpaired) electrons. The summed E-state index contributed by atoms with van der Waals surface area (Å²) in [7, 11) is 0. The summed E-state index contributed by atoms with van der Waals surface area (Å²) in [6, 6.07) is 14.9. The van der Waals surface area contributed by atoms with Crippen LogP contribution in [0.25, 0.3) is 0 Å². The fraction of sp³-hybridized carbons (Fsp3) is 0.240. The smallest absolute Gasteiger partial charge is 0.167 e. The van der Waals surface area contributed by atoms with Crippen molar-refractivity contribution in [3.05, 3.63) is 92.7 Å². The van der Waals surface area contributed by atoms with Crippen molar-refractivity contribution in [2.75, 3.05) is 6.61 Å². The minimum absolute atomic E-state index is 0.0498. The Morgan fingerprint density at radius 2 is 1.65 bits per heavy atom. The molecule has 0 aliphatic carbocycles. The van der Waals surface area contributed by atoms with E-state index in [0.29, 0.717) is 27.8 Å². The van der Waals surface area contributed by atoms with Gasteiger partial charge >= 0.3 is 0 Å². The molecule has 0 saturated carbocycles. The molecule has 3 aromatic rings. The fourth-order valence-corrected chi connectivity index (χ4v) is 4.04. The molecule has 3 aromatic carbocycles. The number of phenols is 1. The summed E-state index contributed by atoms with van der Waals surface area (Å²) in [5, 5.41) is 11.4. The second-order valence-electron chi connectivity index (χ2n) is 8.02. The van der Waals surface area contributed by atoms with Gasteiger partial charge in [0.15, 0.2) is 5.78 Å². The number of carbonyl (C=O) groups excluding carboxylic acids is 1. The summed E-state index contributed by atoms with van der Waals surface area (Å²) in [6.45, 7) is 5.33. The van der Waals surface area contributed by atoms with Crippen LogP contribution >= 0.6 is 23.2 Å². The first-order chi connectivity index (χ1) is 14.6. The SMILES string of the molecule is CC(=O)COc1cc(Cl)c(Cc2ccc(O)c(C(C)(C)c3ccc(F)cc3)c2)c(Cl)c1. The summed E-state index contributed by atoms with van der Waals surface area (Å²) >= 11 is 12.9. The Labute approximate surface area is 191 Å². The van der Waals surface area contributed by atoms with Gasteiger partial charge in [-0.1, -0.05) is 61.3 Å². The van der Waals surface area contributed by atoms with E-state index in [9.17, 15) is 14.3 Å². The van der Waals surface area contributed by atoms with Crippen LogP contribution in [0.15, 0.2) is 54.6 Å². The van der Waals surface area contributed by atoms with Crippen molar-refractivity contribution in [1.82, 2.24) is 0 Å². The molecule has 0 fully saturated rings. The molecular formula is C25H23Cl2FO3. The zero-order valence-electron chi connectivity index (χ0n) is 17.5. The normalized spacial score (nSPS) is 11.4. The molecule has 3 rings (SSSR count). The van der Waals surface area contributed by atoms with E-state index >= 15 is 0 Å². The summed E-state index contributed by atoms with van der Waals surface area (Å²) in [5.74, 6) is 0.176. The topological polar surface area (TPSA) is 46.5 Å². The highest BCUT2D eigenvalue weighted by molar-refractivity contribution is 6.36. The highest BCUT2D eigenvalue weighted by Gasteiger charge is 2.27. The minimum Gasteiger partial charge on any atom is -0.508 e. The Kier molecular flexibility index (Phi) is 6.93. The number of ketones is 1. The van der Waals surface area contributed by atoms with Gasteiger partial charge in [-0.05, 0) is 53.9 Å². The van der Waals surface area contributed by atoms with Crippen LogP contribution in [0.3, 0.4) is 0 Å². The molecule has 0 spiro atoms. The highest BCUT2D eigenvalue weighted by Crippen LogP contribution is 2.39. The molecule has 0 bridgehead atoms. The number of rotatable bonds is 7. The van der Waals surface area contributed by atoms with Gasteiger partial charge in [0.2, 0.25) is 0 Å². The number of Topliss-reactive ketones (excluding diaryl/α,β-unsaturated/α-hetero) is 1. The second-order valence-corrected chi connectivity index (χ2v) is 8.83. The van der Waals surface area contributed by atoms with Crippen LogP contribution in [-0.2, 0) is 16.6 Å². The lowest BCUT2D eigenvalue weighted by molar-refractivity contribution is -0.118. The van der Waals surface area contributed by atoms with Crippen LogP contribution in [0.2, 0.25) is 10.0 Å². The average Bonchev–Trinajstić information content (AvgIpc) is 2.70. The van der Waals surface area contributed by atoms with E-state index in [1.165, 1.54) is 19.1 Å². The van der Waals surface area contributed by atoms with Crippen molar-refractivity contribution in [1.29, 1.82) is 0 Å². The van der Waals surface area contributed by atoms with Gasteiger partial charge < -0.3 is 9.84 Å². The molecule has 0 heterocycles. The van der Waals surface area contributed by atoms with Crippen molar-refractivity contribution >= 4 is 29.0 Å². The first-order valence-corrected chi connectivity index (χ1v) is 10.5. The molecule has 0 unspecified atom stereocenters. The molecule has 0 aliphatic rings. The van der Waals surface area contributed by atoms with Crippen molar-refractivity contribution < 1.29 is 19.0 Å². The molecule has 0 amide bonds. The molecule has 0 atom stereocenters. The first-order valence-electron chi connectivity index (χ1n) is 9.76. The predicted octanol–water partition coefficient (Wildman–Crippen LogP) is 6.72. The number of carbonyl (C=O) groups is 1. The van der Waals surface area contributed by atoms with Gasteiger partial charge in [0.1, 0.15) is 23.9 Å². The maximum Gasteiger partial charge on any atom is 0.167 e. The zero-order valence-corrected chi connectivity index (χ0v) is 19.0. The fourth-order valence-electron chi connectivity index (χ4n) is 3.44. The Balaban J connectivity index is 1.92. The van der Waals surface area contributed by atoms with E-state index in [1.54, 1.807) is 30.3 Å². The number of hydrogen-bond acceptors (Lipinski definition) is 3. The quantitative estimate of drug-likeness (QED) is 0.425. The van der Waals surface area contributed by atoms with Gasteiger partial charge in [-0.3, -0.25) is 4.79 Å². The van der Waals surface area contributed by atoms with Crippen LogP contribution in [0, 0.1) is 5.82 Å². The monoisotopic (exact) mass is 460 g/mol. The molecule has 1 N–H and O–H groups in total. The van der Waals surface area contributed by atoms with Gasteiger partial charge in [0.05, 0.1) is 0 Å². The van der Waals surface area contributed by atoms with Crippen LogP contribution in [0.4, 0.5) is 4.39 Å². The zero-order chi connectivity index (χ0) is 22.8. The molecule has 0 saturated heterocycles. The largest absolute Gasteiger partial charge is 0.508 e. The number of aromatic hydroxyl groups is 1. The minimum atomic E-state index is -0.550. The third-order valence-corrected chi connectivity index (χ3v) is 5.91. The maximum atomic E-state index is 13.4. The van der Waals surface area contributed by atoms with Crippen LogP contribution < -0.4 is 4.74 Å². The number of hydrogen-bond donors (Lipinski definition) is 1. The van der Waals surface area contributed by atoms with Gasteiger partial charge in [-0.2, -0.15) is 0 Å². The van der Waals surface area contributed by atoms with Gasteiger partial charge in [-0.25, -0.2) is 4.39 Å². The molecule has 0 aromatic heterocycles.